The Morgan fingerprint density at radius 1 is 1.38 bits per heavy atom. The van der Waals surface area contributed by atoms with Crippen LogP contribution in [0, 0.1) is 11.6 Å². The number of fused-ring (bicyclic) bond motifs is 2. The van der Waals surface area contributed by atoms with Gasteiger partial charge in [-0.2, -0.15) is 5.10 Å². The van der Waals surface area contributed by atoms with E-state index < -0.39 is 17.5 Å². The van der Waals surface area contributed by atoms with Crippen molar-refractivity contribution in [2.75, 3.05) is 5.75 Å². The van der Waals surface area contributed by atoms with Crippen molar-refractivity contribution in [1.29, 1.82) is 0 Å². The first-order valence-electron chi connectivity index (χ1n) is 7.82. The Morgan fingerprint density at radius 3 is 2.92 bits per heavy atom. The molecule has 1 unspecified atom stereocenters. The highest BCUT2D eigenvalue weighted by Crippen LogP contribution is 2.32. The number of nitrogens with one attached hydrogen (secondary N) is 2. The number of benzene rings is 1. The van der Waals surface area contributed by atoms with E-state index in [1.807, 2.05) is 0 Å². The summed E-state index contributed by atoms with van der Waals surface area (Å²) in [5.41, 5.74) is -0.0448. The fourth-order valence-electron chi connectivity index (χ4n) is 2.88. The second kappa shape index (κ2) is 6.52. The van der Waals surface area contributed by atoms with Gasteiger partial charge in [0.2, 0.25) is 5.91 Å². The summed E-state index contributed by atoms with van der Waals surface area (Å²) in [5, 5.41) is 9.85. The molecule has 0 saturated heterocycles. The van der Waals surface area contributed by atoms with Crippen LogP contribution in [0.5, 0.6) is 0 Å². The van der Waals surface area contributed by atoms with Gasteiger partial charge >= 0.3 is 0 Å². The van der Waals surface area contributed by atoms with E-state index in [0.29, 0.717) is 21.9 Å². The average Bonchev–Trinajstić information content (AvgIpc) is 3.22. The highest BCUT2D eigenvalue weighted by Gasteiger charge is 2.28. The van der Waals surface area contributed by atoms with Gasteiger partial charge in [-0.25, -0.2) is 13.8 Å². The number of rotatable bonds is 4. The summed E-state index contributed by atoms with van der Waals surface area (Å²) in [6.07, 6.45) is 1.42. The van der Waals surface area contributed by atoms with Gasteiger partial charge < -0.3 is 5.32 Å². The standard InChI is InChI=1S/C16H13F2N5O2S/c17-11-2-1-3-12(18)9(11)5-19-13(24)4-8-7-26-16-21-14-10(6-20-22-14)15(25)23(8)16/h1-3,6,8H,4-5,7H2,(H,19,24)(H,20,22). The largest absolute Gasteiger partial charge is 0.352 e. The van der Waals surface area contributed by atoms with E-state index in [2.05, 4.69) is 20.5 Å². The van der Waals surface area contributed by atoms with Crippen molar-refractivity contribution >= 4 is 28.7 Å². The second-order valence-corrected chi connectivity index (χ2v) is 6.83. The maximum atomic E-state index is 13.6. The molecule has 7 nitrogen and oxygen atoms in total. The maximum Gasteiger partial charge on any atom is 0.265 e. The SMILES string of the molecule is O=C(CC1CSc2nc3[nH]ncc3c(=O)n21)NCc1c(F)cccc1F. The van der Waals surface area contributed by atoms with Gasteiger partial charge in [-0.05, 0) is 12.1 Å². The molecule has 1 aliphatic rings. The molecule has 3 heterocycles. The van der Waals surface area contributed by atoms with Crippen LogP contribution in [0.25, 0.3) is 11.0 Å². The van der Waals surface area contributed by atoms with Gasteiger partial charge in [0.05, 0.1) is 12.2 Å². The summed E-state index contributed by atoms with van der Waals surface area (Å²) >= 11 is 1.37. The van der Waals surface area contributed by atoms with Crippen molar-refractivity contribution in [3.05, 3.63) is 51.9 Å². The second-order valence-electron chi connectivity index (χ2n) is 5.85. The van der Waals surface area contributed by atoms with Gasteiger partial charge in [-0.3, -0.25) is 19.3 Å². The Labute approximate surface area is 149 Å². The van der Waals surface area contributed by atoms with Crippen LogP contribution in [0.4, 0.5) is 8.78 Å². The van der Waals surface area contributed by atoms with E-state index in [4.69, 9.17) is 0 Å². The first kappa shape index (κ1) is 16.7. The van der Waals surface area contributed by atoms with Crippen LogP contribution in [0.2, 0.25) is 0 Å². The minimum absolute atomic E-state index is 0.0149. The number of aromatic nitrogens is 4. The van der Waals surface area contributed by atoms with E-state index in [0.717, 1.165) is 12.1 Å². The molecule has 0 saturated carbocycles. The summed E-state index contributed by atoms with van der Waals surface area (Å²) in [5.74, 6) is -1.31. The van der Waals surface area contributed by atoms with Crippen molar-refractivity contribution in [3.8, 4) is 0 Å². The fraction of sp³-hybridized carbons (Fsp3) is 0.250. The predicted molar refractivity (Wildman–Crippen MR) is 90.7 cm³/mol. The van der Waals surface area contributed by atoms with Crippen LogP contribution in [0.15, 0.2) is 34.3 Å². The first-order chi connectivity index (χ1) is 12.5. The number of thioether (sulfide) groups is 1. The maximum absolute atomic E-state index is 13.6. The van der Waals surface area contributed by atoms with E-state index in [1.54, 1.807) is 0 Å². The van der Waals surface area contributed by atoms with Gasteiger partial charge in [-0.1, -0.05) is 17.8 Å². The summed E-state index contributed by atoms with van der Waals surface area (Å²) in [7, 11) is 0. The quantitative estimate of drug-likeness (QED) is 0.676. The molecule has 0 fully saturated rings. The van der Waals surface area contributed by atoms with Crippen molar-refractivity contribution in [2.24, 2.45) is 0 Å². The van der Waals surface area contributed by atoms with Crippen LogP contribution in [-0.2, 0) is 11.3 Å². The lowest BCUT2D eigenvalue weighted by atomic mass is 10.1. The van der Waals surface area contributed by atoms with Crippen LogP contribution < -0.4 is 10.9 Å². The Kier molecular flexibility index (Phi) is 4.19. The lowest BCUT2D eigenvalue weighted by Crippen LogP contribution is -2.30. The highest BCUT2D eigenvalue weighted by atomic mass is 32.2. The molecule has 0 aliphatic carbocycles. The molecule has 1 amide bonds. The molecule has 26 heavy (non-hydrogen) atoms. The molecule has 3 aromatic rings. The molecule has 134 valence electrons. The van der Waals surface area contributed by atoms with Crippen molar-refractivity contribution in [2.45, 2.75) is 24.2 Å². The van der Waals surface area contributed by atoms with Crippen LogP contribution in [0.1, 0.15) is 18.0 Å². The fourth-order valence-corrected chi connectivity index (χ4v) is 4.02. The highest BCUT2D eigenvalue weighted by molar-refractivity contribution is 7.99. The molecular formula is C16H13F2N5O2S. The zero-order chi connectivity index (χ0) is 18.3. The van der Waals surface area contributed by atoms with Gasteiger partial charge in [0.25, 0.3) is 5.56 Å². The molecule has 2 N–H and O–H groups in total. The topological polar surface area (TPSA) is 92.7 Å². The number of H-pyrrole nitrogens is 1. The first-order valence-corrected chi connectivity index (χ1v) is 8.81. The molecule has 2 aromatic heterocycles. The minimum Gasteiger partial charge on any atom is -0.352 e. The number of halogens is 2. The summed E-state index contributed by atoms with van der Waals surface area (Å²) in [4.78, 5) is 29.1. The van der Waals surface area contributed by atoms with Crippen LogP contribution in [0.3, 0.4) is 0 Å². The van der Waals surface area contributed by atoms with E-state index >= 15 is 0 Å². The normalized spacial score (nSPS) is 16.0. The molecule has 0 radical (unpaired) electrons. The Balaban J connectivity index is 1.49. The number of hydrogen-bond donors (Lipinski definition) is 2. The van der Waals surface area contributed by atoms with Gasteiger partial charge in [-0.15, -0.1) is 0 Å². The van der Waals surface area contributed by atoms with Gasteiger partial charge in [0.15, 0.2) is 10.8 Å². The number of carbonyl (C=O) groups is 1. The van der Waals surface area contributed by atoms with Crippen molar-refractivity contribution in [3.63, 3.8) is 0 Å². The summed E-state index contributed by atoms with van der Waals surface area (Å²) in [6.45, 7) is -0.252. The minimum atomic E-state index is -0.713. The van der Waals surface area contributed by atoms with Gasteiger partial charge in [0, 0.05) is 24.3 Å². The molecular weight excluding hydrogens is 364 g/mol. The molecule has 1 aromatic carbocycles. The Morgan fingerprint density at radius 2 is 2.15 bits per heavy atom. The average molecular weight is 377 g/mol. The molecule has 4 rings (SSSR count). The summed E-state index contributed by atoms with van der Waals surface area (Å²) in [6, 6.07) is 3.16. The van der Waals surface area contributed by atoms with E-state index in [-0.39, 0.29) is 30.1 Å². The van der Waals surface area contributed by atoms with Crippen molar-refractivity contribution in [1.82, 2.24) is 25.1 Å². The number of carbonyl (C=O) groups excluding carboxylic acids is 1. The smallest absolute Gasteiger partial charge is 0.265 e. The lowest BCUT2D eigenvalue weighted by Gasteiger charge is -2.13. The number of nitrogens with zero attached hydrogens (tertiary/aromatic N) is 3. The molecule has 0 bridgehead atoms. The number of hydrogen-bond acceptors (Lipinski definition) is 5. The number of aromatic amines is 1. The third kappa shape index (κ3) is 2.85. The Hall–Kier alpha value is -2.75. The van der Waals surface area contributed by atoms with E-state index in [9.17, 15) is 18.4 Å². The molecule has 10 heteroatoms. The summed E-state index contributed by atoms with van der Waals surface area (Å²) < 4.78 is 28.7. The monoisotopic (exact) mass is 377 g/mol. The van der Waals surface area contributed by atoms with Gasteiger partial charge in [0.1, 0.15) is 17.0 Å². The Bertz CT molecular complexity index is 1040. The molecule has 1 atom stereocenters. The molecule has 0 spiro atoms. The zero-order valence-corrected chi connectivity index (χ0v) is 14.1. The molecule has 1 aliphatic heterocycles. The lowest BCUT2D eigenvalue weighted by molar-refractivity contribution is -0.121. The van der Waals surface area contributed by atoms with Crippen LogP contribution in [-0.4, -0.2) is 31.4 Å². The zero-order valence-electron chi connectivity index (χ0n) is 13.3. The number of amides is 1. The predicted octanol–water partition coefficient (Wildman–Crippen LogP) is 1.75. The third-order valence-corrected chi connectivity index (χ3v) is 5.29. The van der Waals surface area contributed by atoms with Crippen LogP contribution >= 0.6 is 11.8 Å². The van der Waals surface area contributed by atoms with E-state index in [1.165, 1.54) is 28.6 Å². The third-order valence-electron chi connectivity index (χ3n) is 4.20. The van der Waals surface area contributed by atoms with Crippen molar-refractivity contribution < 1.29 is 13.6 Å².